The van der Waals surface area contributed by atoms with Crippen molar-refractivity contribution in [2.24, 2.45) is 0 Å². The Hall–Kier alpha value is -3.47. The third kappa shape index (κ3) is 8.47. The van der Waals surface area contributed by atoms with Gasteiger partial charge >= 0.3 is 6.16 Å². The number of hydrogen-bond acceptors (Lipinski definition) is 8. The third-order valence-electron chi connectivity index (χ3n) is 4.73. The molecule has 10 nitrogen and oxygen atoms in total. The molecule has 1 aromatic heterocycles. The van der Waals surface area contributed by atoms with Gasteiger partial charge in [0.1, 0.15) is 6.10 Å². The zero-order chi connectivity index (χ0) is 25.1. The van der Waals surface area contributed by atoms with Crippen LogP contribution in [0.3, 0.4) is 0 Å². The molecule has 0 saturated carbocycles. The van der Waals surface area contributed by atoms with E-state index >= 15 is 0 Å². The van der Waals surface area contributed by atoms with E-state index in [1.807, 2.05) is 18.6 Å². The quantitative estimate of drug-likeness (QED) is 0.457. The standard InChI is InChI=1S/C23H29N3O7S/c1-4-6-20(27)24-14-13-17-7-10-19(11-8-17)34(30,31)26-22(28)18-9-12-21(25-15-18)33-23(29)32-16(3)5-2/h7-12,15-16H,4-6,13-14H2,1-3H3,(H,24,27)(H,26,28)/t16-/m1/s1. The number of nitrogens with zero attached hydrogens (tertiary/aromatic N) is 1. The molecule has 0 saturated heterocycles. The van der Waals surface area contributed by atoms with E-state index in [9.17, 15) is 22.8 Å². The fraction of sp³-hybridized carbons (Fsp3) is 0.391. The Labute approximate surface area is 199 Å². The Morgan fingerprint density at radius 3 is 2.35 bits per heavy atom. The fourth-order valence-electron chi connectivity index (χ4n) is 2.67. The molecule has 0 aliphatic rings. The first-order chi connectivity index (χ1) is 16.1. The van der Waals surface area contributed by atoms with Crippen molar-refractivity contribution in [2.75, 3.05) is 6.54 Å². The van der Waals surface area contributed by atoms with Gasteiger partial charge in [0, 0.05) is 25.2 Å². The summed E-state index contributed by atoms with van der Waals surface area (Å²) in [6, 6.07) is 8.55. The Morgan fingerprint density at radius 2 is 1.76 bits per heavy atom. The predicted molar refractivity (Wildman–Crippen MR) is 124 cm³/mol. The zero-order valence-corrected chi connectivity index (χ0v) is 20.2. The maximum Gasteiger partial charge on any atom is 0.515 e. The second kappa shape index (κ2) is 12.7. The van der Waals surface area contributed by atoms with Crippen molar-refractivity contribution in [2.45, 2.75) is 57.5 Å². The minimum atomic E-state index is -4.11. The first-order valence-corrected chi connectivity index (χ1v) is 12.4. The summed E-state index contributed by atoms with van der Waals surface area (Å²) in [5.74, 6) is -0.998. The van der Waals surface area contributed by atoms with E-state index in [-0.39, 0.29) is 28.4 Å². The lowest BCUT2D eigenvalue weighted by atomic mass is 10.1. The van der Waals surface area contributed by atoms with Crippen molar-refractivity contribution >= 4 is 28.0 Å². The van der Waals surface area contributed by atoms with Crippen molar-refractivity contribution in [3.63, 3.8) is 0 Å². The van der Waals surface area contributed by atoms with Gasteiger partial charge in [0.25, 0.3) is 15.9 Å². The van der Waals surface area contributed by atoms with E-state index < -0.39 is 22.1 Å². The molecule has 2 rings (SSSR count). The summed E-state index contributed by atoms with van der Waals surface area (Å²) in [5.41, 5.74) is 0.805. The normalized spacial score (nSPS) is 11.9. The fourth-order valence-corrected chi connectivity index (χ4v) is 3.64. The third-order valence-corrected chi connectivity index (χ3v) is 6.08. The Balaban J connectivity index is 1.93. The van der Waals surface area contributed by atoms with Crippen LogP contribution in [0.1, 0.15) is 56.0 Å². The minimum Gasteiger partial charge on any atom is -0.431 e. The van der Waals surface area contributed by atoms with Gasteiger partial charge in [0.15, 0.2) is 0 Å². The van der Waals surface area contributed by atoms with E-state index in [0.29, 0.717) is 25.8 Å². The molecule has 0 spiro atoms. The van der Waals surface area contributed by atoms with Gasteiger partial charge in [-0.1, -0.05) is 26.0 Å². The molecule has 2 aromatic rings. The largest absolute Gasteiger partial charge is 0.515 e. The first-order valence-electron chi connectivity index (χ1n) is 10.9. The zero-order valence-electron chi connectivity index (χ0n) is 19.4. The lowest BCUT2D eigenvalue weighted by Gasteiger charge is -2.10. The van der Waals surface area contributed by atoms with Crippen LogP contribution in [0.25, 0.3) is 0 Å². The van der Waals surface area contributed by atoms with Crippen LogP contribution in [-0.4, -0.2) is 44.0 Å². The summed E-state index contributed by atoms with van der Waals surface area (Å²) in [5, 5.41) is 2.79. The van der Waals surface area contributed by atoms with Gasteiger partial charge in [0.2, 0.25) is 11.8 Å². The number of carbonyl (C=O) groups is 3. The summed E-state index contributed by atoms with van der Waals surface area (Å²) in [7, 11) is -4.11. The maximum atomic E-state index is 12.6. The highest BCUT2D eigenvalue weighted by molar-refractivity contribution is 7.90. The number of benzene rings is 1. The molecule has 0 radical (unpaired) electrons. The highest BCUT2D eigenvalue weighted by atomic mass is 32.2. The number of sulfonamides is 1. The van der Waals surface area contributed by atoms with Crippen LogP contribution in [0.4, 0.5) is 4.79 Å². The number of hydrogen-bond donors (Lipinski definition) is 2. The summed E-state index contributed by atoms with van der Waals surface area (Å²) in [6.07, 6.45) is 2.25. The molecule has 0 unspecified atom stereocenters. The summed E-state index contributed by atoms with van der Waals surface area (Å²) >= 11 is 0. The highest BCUT2D eigenvalue weighted by Gasteiger charge is 2.19. The van der Waals surface area contributed by atoms with Crippen LogP contribution in [0, 0.1) is 0 Å². The van der Waals surface area contributed by atoms with E-state index in [0.717, 1.165) is 18.2 Å². The molecular weight excluding hydrogens is 462 g/mol. The van der Waals surface area contributed by atoms with Gasteiger partial charge in [-0.25, -0.2) is 22.9 Å². The predicted octanol–water partition coefficient (Wildman–Crippen LogP) is 2.97. The second-order valence-electron chi connectivity index (χ2n) is 7.50. The minimum absolute atomic E-state index is 0.0236. The lowest BCUT2D eigenvalue weighted by Crippen LogP contribution is -2.30. The summed E-state index contributed by atoms with van der Waals surface area (Å²) in [4.78, 5) is 39.2. The molecule has 0 bridgehead atoms. The first kappa shape index (κ1) is 26.8. The highest BCUT2D eigenvalue weighted by Crippen LogP contribution is 2.13. The summed E-state index contributed by atoms with van der Waals surface area (Å²) in [6.45, 7) is 5.93. The number of pyridine rings is 1. The van der Waals surface area contributed by atoms with Gasteiger partial charge < -0.3 is 14.8 Å². The topological polar surface area (TPSA) is 141 Å². The molecule has 0 fully saturated rings. The van der Waals surface area contributed by atoms with Crippen LogP contribution in [-0.2, 0) is 26.0 Å². The number of amides is 2. The Kier molecular flexibility index (Phi) is 9.99. The molecule has 2 amide bonds. The molecule has 34 heavy (non-hydrogen) atoms. The van der Waals surface area contributed by atoms with E-state index in [2.05, 4.69) is 10.3 Å². The average Bonchev–Trinajstić information content (AvgIpc) is 2.79. The number of aromatic nitrogens is 1. The molecule has 1 atom stereocenters. The molecule has 0 aliphatic carbocycles. The molecule has 0 aliphatic heterocycles. The van der Waals surface area contributed by atoms with E-state index in [1.165, 1.54) is 24.3 Å². The van der Waals surface area contributed by atoms with Crippen LogP contribution in [0.2, 0.25) is 0 Å². The van der Waals surface area contributed by atoms with Crippen LogP contribution in [0.5, 0.6) is 5.88 Å². The SMILES string of the molecule is CCCC(=O)NCCc1ccc(S(=O)(=O)NC(=O)c2ccc(OC(=O)O[C@H](C)CC)nc2)cc1. The monoisotopic (exact) mass is 491 g/mol. The molecule has 184 valence electrons. The van der Waals surface area contributed by atoms with Crippen molar-refractivity contribution in [1.29, 1.82) is 0 Å². The number of rotatable bonds is 11. The maximum absolute atomic E-state index is 12.6. The van der Waals surface area contributed by atoms with E-state index in [1.54, 1.807) is 19.1 Å². The number of nitrogens with one attached hydrogen (secondary N) is 2. The molecule has 1 heterocycles. The van der Waals surface area contributed by atoms with Gasteiger partial charge in [0.05, 0.1) is 10.5 Å². The van der Waals surface area contributed by atoms with Crippen molar-refractivity contribution < 1.29 is 32.3 Å². The average molecular weight is 492 g/mol. The Bertz CT molecular complexity index is 1080. The van der Waals surface area contributed by atoms with Gasteiger partial charge in [-0.2, -0.15) is 0 Å². The molecular formula is C23H29N3O7S. The van der Waals surface area contributed by atoms with Gasteiger partial charge in [-0.15, -0.1) is 0 Å². The van der Waals surface area contributed by atoms with E-state index in [4.69, 9.17) is 9.47 Å². The molecule has 1 aromatic carbocycles. The van der Waals surface area contributed by atoms with Crippen molar-refractivity contribution in [1.82, 2.24) is 15.0 Å². The second-order valence-corrected chi connectivity index (χ2v) is 9.18. The van der Waals surface area contributed by atoms with Crippen LogP contribution < -0.4 is 14.8 Å². The van der Waals surface area contributed by atoms with Crippen molar-refractivity contribution in [3.05, 3.63) is 53.7 Å². The number of ether oxygens (including phenoxy) is 2. The van der Waals surface area contributed by atoms with Gasteiger partial charge in [-0.05, 0) is 49.9 Å². The van der Waals surface area contributed by atoms with Crippen LogP contribution >= 0.6 is 0 Å². The molecule has 2 N–H and O–H groups in total. The lowest BCUT2D eigenvalue weighted by molar-refractivity contribution is -0.121. The smallest absolute Gasteiger partial charge is 0.431 e. The van der Waals surface area contributed by atoms with Gasteiger partial charge in [-0.3, -0.25) is 9.59 Å². The number of carbonyl (C=O) groups excluding carboxylic acids is 3. The van der Waals surface area contributed by atoms with Crippen LogP contribution in [0.15, 0.2) is 47.5 Å². The summed E-state index contributed by atoms with van der Waals surface area (Å²) < 4.78 is 37.0. The Morgan fingerprint density at radius 1 is 1.06 bits per heavy atom. The molecule has 11 heteroatoms. The van der Waals surface area contributed by atoms with Crippen molar-refractivity contribution in [3.8, 4) is 5.88 Å².